The van der Waals surface area contributed by atoms with Crippen LogP contribution in [0.2, 0.25) is 0 Å². The Labute approximate surface area is 210 Å². The van der Waals surface area contributed by atoms with E-state index < -0.39 is 6.09 Å². The molecule has 1 fully saturated rings. The summed E-state index contributed by atoms with van der Waals surface area (Å²) in [6, 6.07) is 9.64. The van der Waals surface area contributed by atoms with Crippen molar-refractivity contribution in [3.63, 3.8) is 0 Å². The number of alkyl carbamates (subject to hydrolysis) is 1. The minimum Gasteiger partial charge on any atom is -0.445 e. The van der Waals surface area contributed by atoms with E-state index >= 15 is 0 Å². The maximum Gasteiger partial charge on any atom is 0.407 e. The van der Waals surface area contributed by atoms with Crippen LogP contribution in [0.25, 0.3) is 0 Å². The second kappa shape index (κ2) is 11.0. The molecule has 0 saturated carbocycles. The second-order valence-corrected chi connectivity index (χ2v) is 10.6. The number of halogens is 1. The average molecular weight is 547 g/mol. The molecule has 2 N–H and O–H groups in total. The Balaban J connectivity index is 1.35. The van der Waals surface area contributed by atoms with E-state index in [2.05, 4.69) is 41.5 Å². The number of hydrogen-bond acceptors (Lipinski definition) is 7. The van der Waals surface area contributed by atoms with Crippen molar-refractivity contribution in [1.82, 2.24) is 20.1 Å². The minimum atomic E-state index is -0.402. The standard InChI is InChI=1S/C23H27BrN6O3S/c1-15-19(28-22(24)34-15)20(31)27-18-13-25-29(2)21(18)30-11-6-9-17(10-12-30)26-23(32)33-14-16-7-4-3-5-8-16/h3-5,7-8,13,17H,6,9-12,14H2,1-2H3,(H,26,32)(H,27,31)/t17-/m1/s1. The second-order valence-electron chi connectivity index (χ2n) is 8.15. The molecule has 0 unspecified atom stereocenters. The first-order valence-corrected chi connectivity index (χ1v) is 12.7. The number of thiazole rings is 1. The number of aryl methyl sites for hydroxylation is 2. The highest BCUT2D eigenvalue weighted by Crippen LogP contribution is 2.29. The quantitative estimate of drug-likeness (QED) is 0.472. The van der Waals surface area contributed by atoms with Crippen molar-refractivity contribution in [3.8, 4) is 0 Å². The zero-order chi connectivity index (χ0) is 24.1. The summed E-state index contributed by atoms with van der Waals surface area (Å²) in [6.45, 7) is 3.63. The molecule has 0 bridgehead atoms. The molecule has 180 valence electrons. The molecule has 2 aromatic heterocycles. The van der Waals surface area contributed by atoms with Crippen molar-refractivity contribution in [2.45, 2.75) is 38.8 Å². The number of rotatable bonds is 6. The molecular formula is C23H27BrN6O3S. The summed E-state index contributed by atoms with van der Waals surface area (Å²) < 4.78 is 7.81. The minimum absolute atomic E-state index is 0.0227. The first-order chi connectivity index (χ1) is 16.4. The van der Waals surface area contributed by atoms with Crippen molar-refractivity contribution >= 4 is 50.8 Å². The zero-order valence-corrected chi connectivity index (χ0v) is 21.5. The van der Waals surface area contributed by atoms with E-state index in [1.165, 1.54) is 11.3 Å². The summed E-state index contributed by atoms with van der Waals surface area (Å²) in [7, 11) is 1.86. The van der Waals surface area contributed by atoms with E-state index in [9.17, 15) is 9.59 Å². The van der Waals surface area contributed by atoms with Gasteiger partial charge in [-0.2, -0.15) is 5.10 Å². The molecule has 1 aliphatic rings. The van der Waals surface area contributed by atoms with Gasteiger partial charge in [-0.3, -0.25) is 9.48 Å². The van der Waals surface area contributed by atoms with Gasteiger partial charge in [0.25, 0.3) is 5.91 Å². The molecule has 0 radical (unpaired) electrons. The van der Waals surface area contributed by atoms with Crippen LogP contribution in [-0.2, 0) is 18.4 Å². The van der Waals surface area contributed by atoms with Crippen LogP contribution >= 0.6 is 27.3 Å². The number of anilines is 2. The van der Waals surface area contributed by atoms with Gasteiger partial charge < -0.3 is 20.3 Å². The highest BCUT2D eigenvalue weighted by molar-refractivity contribution is 9.11. The van der Waals surface area contributed by atoms with Gasteiger partial charge in [-0.25, -0.2) is 9.78 Å². The molecule has 3 aromatic rings. The van der Waals surface area contributed by atoms with Crippen LogP contribution in [0.15, 0.2) is 40.4 Å². The fourth-order valence-corrected chi connectivity index (χ4v) is 5.56. The Morgan fingerprint density at radius 2 is 2.03 bits per heavy atom. The summed E-state index contributed by atoms with van der Waals surface area (Å²) in [4.78, 5) is 32.4. The van der Waals surface area contributed by atoms with Crippen molar-refractivity contribution in [1.29, 1.82) is 0 Å². The molecule has 9 nitrogen and oxygen atoms in total. The molecule has 0 spiro atoms. The smallest absolute Gasteiger partial charge is 0.407 e. The normalized spacial score (nSPS) is 16.1. The number of carbonyl (C=O) groups is 2. The Morgan fingerprint density at radius 3 is 2.76 bits per heavy atom. The van der Waals surface area contributed by atoms with Crippen LogP contribution < -0.4 is 15.5 Å². The molecule has 1 atom stereocenters. The lowest BCUT2D eigenvalue weighted by molar-refractivity contribution is 0.102. The Kier molecular flexibility index (Phi) is 7.84. The van der Waals surface area contributed by atoms with Crippen LogP contribution in [0.5, 0.6) is 0 Å². The molecule has 1 aliphatic heterocycles. The largest absolute Gasteiger partial charge is 0.445 e. The number of ether oxygens (including phenoxy) is 1. The van der Waals surface area contributed by atoms with E-state index in [0.29, 0.717) is 21.8 Å². The summed E-state index contributed by atoms with van der Waals surface area (Å²) >= 11 is 4.76. The molecular weight excluding hydrogens is 520 g/mol. The van der Waals surface area contributed by atoms with Crippen LogP contribution in [0.1, 0.15) is 40.2 Å². The number of nitrogens with one attached hydrogen (secondary N) is 2. The molecule has 34 heavy (non-hydrogen) atoms. The number of hydrogen-bond donors (Lipinski definition) is 2. The molecule has 1 aromatic carbocycles. The number of nitrogens with zero attached hydrogens (tertiary/aromatic N) is 4. The van der Waals surface area contributed by atoms with Crippen molar-refractivity contribution in [2.24, 2.45) is 7.05 Å². The van der Waals surface area contributed by atoms with Gasteiger partial charge in [-0.05, 0) is 47.7 Å². The van der Waals surface area contributed by atoms with Gasteiger partial charge in [0.15, 0.2) is 9.73 Å². The summed E-state index contributed by atoms with van der Waals surface area (Å²) in [5.41, 5.74) is 2.00. The third kappa shape index (κ3) is 5.95. The van der Waals surface area contributed by atoms with Gasteiger partial charge in [0.1, 0.15) is 18.0 Å². The fraction of sp³-hybridized carbons (Fsp3) is 0.391. The van der Waals surface area contributed by atoms with Crippen LogP contribution in [0.3, 0.4) is 0 Å². The predicted octanol–water partition coefficient (Wildman–Crippen LogP) is 4.49. The lowest BCUT2D eigenvalue weighted by atomic mass is 10.1. The van der Waals surface area contributed by atoms with E-state index in [0.717, 1.165) is 42.1 Å². The van der Waals surface area contributed by atoms with Gasteiger partial charge in [0, 0.05) is 31.1 Å². The third-order valence-corrected chi connectivity index (χ3v) is 7.13. The molecule has 3 heterocycles. The van der Waals surface area contributed by atoms with Gasteiger partial charge in [-0.1, -0.05) is 30.3 Å². The average Bonchev–Trinajstić information content (AvgIpc) is 3.25. The maximum atomic E-state index is 12.8. The molecule has 4 rings (SSSR count). The highest BCUT2D eigenvalue weighted by atomic mass is 79.9. The zero-order valence-electron chi connectivity index (χ0n) is 19.1. The monoisotopic (exact) mass is 546 g/mol. The van der Waals surface area contributed by atoms with E-state index in [1.807, 2.05) is 44.3 Å². The van der Waals surface area contributed by atoms with Gasteiger partial charge in [0.05, 0.1) is 6.20 Å². The van der Waals surface area contributed by atoms with Crippen LogP contribution in [0, 0.1) is 6.92 Å². The van der Waals surface area contributed by atoms with Crippen molar-refractivity contribution in [2.75, 3.05) is 23.3 Å². The predicted molar refractivity (Wildman–Crippen MR) is 135 cm³/mol. The summed E-state index contributed by atoms with van der Waals surface area (Å²) in [5.74, 6) is 0.580. The van der Waals surface area contributed by atoms with E-state index in [-0.39, 0.29) is 18.6 Å². The van der Waals surface area contributed by atoms with Gasteiger partial charge in [-0.15, -0.1) is 11.3 Å². The molecule has 1 saturated heterocycles. The Bertz CT molecular complexity index is 1150. The highest BCUT2D eigenvalue weighted by Gasteiger charge is 2.25. The van der Waals surface area contributed by atoms with E-state index in [4.69, 9.17) is 4.74 Å². The first kappa shape index (κ1) is 24.2. The van der Waals surface area contributed by atoms with Crippen LogP contribution in [0.4, 0.5) is 16.3 Å². The molecule has 2 amide bonds. The van der Waals surface area contributed by atoms with Crippen molar-refractivity contribution in [3.05, 3.63) is 56.6 Å². The Morgan fingerprint density at radius 1 is 1.24 bits per heavy atom. The molecule has 11 heteroatoms. The molecule has 0 aliphatic carbocycles. The first-order valence-electron chi connectivity index (χ1n) is 11.1. The van der Waals surface area contributed by atoms with Crippen molar-refractivity contribution < 1.29 is 14.3 Å². The number of carbonyl (C=O) groups excluding carboxylic acids is 2. The van der Waals surface area contributed by atoms with E-state index in [1.54, 1.807) is 10.9 Å². The lowest BCUT2D eigenvalue weighted by Crippen LogP contribution is -2.36. The third-order valence-electron chi connectivity index (χ3n) is 5.70. The summed E-state index contributed by atoms with van der Waals surface area (Å²) in [6.07, 6.45) is 3.76. The summed E-state index contributed by atoms with van der Waals surface area (Å²) in [5, 5.41) is 10.3. The number of benzene rings is 1. The number of amides is 2. The van der Waals surface area contributed by atoms with Gasteiger partial charge >= 0.3 is 6.09 Å². The van der Waals surface area contributed by atoms with Gasteiger partial charge in [0.2, 0.25) is 0 Å². The number of aromatic nitrogens is 3. The fourth-order valence-electron chi connectivity index (χ4n) is 4.03. The Hall–Kier alpha value is -2.92. The lowest BCUT2D eigenvalue weighted by Gasteiger charge is -2.24. The SMILES string of the molecule is Cc1sc(Br)nc1C(=O)Nc1cnn(C)c1N1CCC[C@@H](NC(=O)OCc2ccccc2)CC1. The van der Waals surface area contributed by atoms with Crippen LogP contribution in [-0.4, -0.2) is 45.9 Å². The maximum absolute atomic E-state index is 12.8. The topological polar surface area (TPSA) is 101 Å².